The number of rotatable bonds is 8. The Balaban J connectivity index is 1.82. The minimum absolute atomic E-state index is 0.278. The highest BCUT2D eigenvalue weighted by Crippen LogP contribution is 2.30. The fourth-order valence-electron chi connectivity index (χ4n) is 2.49. The molecule has 1 N–H and O–H groups in total. The highest BCUT2D eigenvalue weighted by molar-refractivity contribution is 7.89. The summed E-state index contributed by atoms with van der Waals surface area (Å²) in [5.74, 6) is 0.903. The second-order valence-corrected chi connectivity index (χ2v) is 7.80. The van der Waals surface area contributed by atoms with Crippen LogP contribution < -0.4 is 5.32 Å². The molecule has 1 heterocycles. The van der Waals surface area contributed by atoms with Crippen molar-refractivity contribution >= 4 is 10.0 Å². The van der Waals surface area contributed by atoms with Crippen LogP contribution >= 0.6 is 0 Å². The van der Waals surface area contributed by atoms with Crippen molar-refractivity contribution in [2.45, 2.75) is 26.2 Å². The molecule has 2 rings (SSSR count). The molecular weight excluding hydrogens is 262 g/mol. The minimum Gasteiger partial charge on any atom is -0.314 e. The Labute approximate surface area is 117 Å². The van der Waals surface area contributed by atoms with Gasteiger partial charge in [-0.1, -0.05) is 6.92 Å². The van der Waals surface area contributed by atoms with Gasteiger partial charge in [0.05, 0.1) is 5.75 Å². The molecule has 6 heteroatoms. The van der Waals surface area contributed by atoms with Gasteiger partial charge in [0, 0.05) is 45.8 Å². The molecule has 1 saturated heterocycles. The summed E-state index contributed by atoms with van der Waals surface area (Å²) in [5.41, 5.74) is 0. The standard InChI is InChI=1S/C13H27N3O2S/c1-2-7-16(12-13-3-4-13)19(17,18)11-10-15-8-5-14-6-9-15/h13-14H,2-12H2,1H3. The van der Waals surface area contributed by atoms with E-state index in [0.29, 0.717) is 19.0 Å². The van der Waals surface area contributed by atoms with Crippen molar-refractivity contribution in [3.05, 3.63) is 0 Å². The fourth-order valence-corrected chi connectivity index (χ4v) is 4.14. The third-order valence-electron chi connectivity index (χ3n) is 3.90. The van der Waals surface area contributed by atoms with Crippen LogP contribution in [0.4, 0.5) is 0 Å². The summed E-state index contributed by atoms with van der Waals surface area (Å²) < 4.78 is 26.5. The third-order valence-corrected chi connectivity index (χ3v) is 5.72. The number of sulfonamides is 1. The molecule has 1 aliphatic carbocycles. The van der Waals surface area contributed by atoms with Crippen molar-refractivity contribution in [2.24, 2.45) is 5.92 Å². The molecule has 5 nitrogen and oxygen atoms in total. The van der Waals surface area contributed by atoms with E-state index in [9.17, 15) is 8.42 Å². The van der Waals surface area contributed by atoms with Crippen molar-refractivity contribution in [3.63, 3.8) is 0 Å². The number of hydrogen-bond acceptors (Lipinski definition) is 4. The van der Waals surface area contributed by atoms with Crippen LogP contribution in [-0.2, 0) is 10.0 Å². The lowest BCUT2D eigenvalue weighted by atomic mass is 10.4. The van der Waals surface area contributed by atoms with Gasteiger partial charge in [-0.3, -0.25) is 4.90 Å². The molecule has 0 unspecified atom stereocenters. The summed E-state index contributed by atoms with van der Waals surface area (Å²) in [6, 6.07) is 0. The molecule has 2 aliphatic rings. The Morgan fingerprint density at radius 2 is 1.95 bits per heavy atom. The Morgan fingerprint density at radius 3 is 2.53 bits per heavy atom. The minimum atomic E-state index is -3.07. The Hall–Kier alpha value is -0.170. The quantitative estimate of drug-likeness (QED) is 0.700. The largest absolute Gasteiger partial charge is 0.314 e. The smallest absolute Gasteiger partial charge is 0.215 e. The van der Waals surface area contributed by atoms with Gasteiger partial charge in [0.15, 0.2) is 0 Å². The molecule has 0 aromatic rings. The third kappa shape index (κ3) is 5.02. The molecule has 2 fully saturated rings. The predicted octanol–water partition coefficient (Wildman–Crippen LogP) is 0.343. The van der Waals surface area contributed by atoms with Crippen LogP contribution in [0, 0.1) is 5.92 Å². The summed E-state index contributed by atoms with van der Waals surface area (Å²) in [7, 11) is -3.07. The van der Waals surface area contributed by atoms with E-state index in [2.05, 4.69) is 10.2 Å². The van der Waals surface area contributed by atoms with Gasteiger partial charge in [-0.05, 0) is 25.2 Å². The maximum absolute atomic E-state index is 12.4. The molecule has 0 atom stereocenters. The monoisotopic (exact) mass is 289 g/mol. The Bertz CT molecular complexity index is 362. The Morgan fingerprint density at radius 1 is 1.26 bits per heavy atom. The first-order valence-corrected chi connectivity index (χ1v) is 9.13. The average Bonchev–Trinajstić information content (AvgIpc) is 3.21. The second-order valence-electron chi connectivity index (χ2n) is 5.71. The first-order valence-electron chi connectivity index (χ1n) is 7.52. The SMILES string of the molecule is CCCN(CC1CC1)S(=O)(=O)CCN1CCNCC1. The van der Waals surface area contributed by atoms with Gasteiger partial charge in [-0.2, -0.15) is 0 Å². The van der Waals surface area contributed by atoms with E-state index in [1.54, 1.807) is 4.31 Å². The molecule has 0 bridgehead atoms. The van der Waals surface area contributed by atoms with Crippen molar-refractivity contribution in [1.82, 2.24) is 14.5 Å². The summed E-state index contributed by atoms with van der Waals surface area (Å²) in [5, 5.41) is 3.29. The summed E-state index contributed by atoms with van der Waals surface area (Å²) >= 11 is 0. The number of nitrogens with one attached hydrogen (secondary N) is 1. The van der Waals surface area contributed by atoms with Crippen LogP contribution in [0.15, 0.2) is 0 Å². The first kappa shape index (κ1) is 15.2. The topological polar surface area (TPSA) is 52.7 Å². The van der Waals surface area contributed by atoms with E-state index < -0.39 is 10.0 Å². The predicted molar refractivity (Wildman–Crippen MR) is 77.7 cm³/mol. The van der Waals surface area contributed by atoms with Crippen LogP contribution in [0.2, 0.25) is 0 Å². The molecule has 0 spiro atoms. The maximum Gasteiger partial charge on any atom is 0.215 e. The van der Waals surface area contributed by atoms with Crippen LogP contribution in [0.5, 0.6) is 0 Å². The normalized spacial score (nSPS) is 22.0. The zero-order chi connectivity index (χ0) is 13.7. The van der Waals surface area contributed by atoms with E-state index in [1.807, 2.05) is 6.92 Å². The van der Waals surface area contributed by atoms with E-state index in [4.69, 9.17) is 0 Å². The van der Waals surface area contributed by atoms with Crippen molar-refractivity contribution in [3.8, 4) is 0 Å². The lowest BCUT2D eigenvalue weighted by Gasteiger charge is -2.28. The van der Waals surface area contributed by atoms with Gasteiger partial charge < -0.3 is 5.32 Å². The summed E-state index contributed by atoms with van der Waals surface area (Å²) in [6.07, 6.45) is 3.31. The summed E-state index contributed by atoms with van der Waals surface area (Å²) in [6.45, 7) is 8.03. The van der Waals surface area contributed by atoms with Gasteiger partial charge in [-0.25, -0.2) is 12.7 Å². The van der Waals surface area contributed by atoms with Crippen molar-refractivity contribution in [1.29, 1.82) is 0 Å². The molecule has 112 valence electrons. The van der Waals surface area contributed by atoms with Gasteiger partial charge in [0.2, 0.25) is 10.0 Å². The number of piperazine rings is 1. The van der Waals surface area contributed by atoms with Gasteiger partial charge in [0.1, 0.15) is 0 Å². The highest BCUT2D eigenvalue weighted by Gasteiger charge is 2.30. The molecule has 0 aromatic heterocycles. The summed E-state index contributed by atoms with van der Waals surface area (Å²) in [4.78, 5) is 2.25. The van der Waals surface area contributed by atoms with Crippen LogP contribution in [0.25, 0.3) is 0 Å². The van der Waals surface area contributed by atoms with E-state index >= 15 is 0 Å². The van der Waals surface area contributed by atoms with Crippen molar-refractivity contribution < 1.29 is 8.42 Å². The van der Waals surface area contributed by atoms with Gasteiger partial charge in [0.25, 0.3) is 0 Å². The fraction of sp³-hybridized carbons (Fsp3) is 1.00. The average molecular weight is 289 g/mol. The lowest BCUT2D eigenvalue weighted by molar-refractivity contribution is 0.252. The van der Waals surface area contributed by atoms with E-state index in [1.165, 1.54) is 12.8 Å². The molecule has 0 amide bonds. The molecule has 1 saturated carbocycles. The number of hydrogen-bond donors (Lipinski definition) is 1. The number of nitrogens with zero attached hydrogens (tertiary/aromatic N) is 2. The lowest BCUT2D eigenvalue weighted by Crippen LogP contribution is -2.46. The molecular formula is C13H27N3O2S. The van der Waals surface area contributed by atoms with Gasteiger partial charge >= 0.3 is 0 Å². The highest BCUT2D eigenvalue weighted by atomic mass is 32.2. The van der Waals surface area contributed by atoms with Crippen LogP contribution in [-0.4, -0.2) is 69.2 Å². The van der Waals surface area contributed by atoms with Crippen LogP contribution in [0.3, 0.4) is 0 Å². The molecule has 0 radical (unpaired) electrons. The van der Waals surface area contributed by atoms with Gasteiger partial charge in [-0.15, -0.1) is 0 Å². The van der Waals surface area contributed by atoms with E-state index in [0.717, 1.165) is 39.1 Å². The van der Waals surface area contributed by atoms with Crippen molar-refractivity contribution in [2.75, 3.05) is 51.6 Å². The second kappa shape index (κ2) is 7.02. The first-order chi connectivity index (χ1) is 9.12. The molecule has 19 heavy (non-hydrogen) atoms. The zero-order valence-corrected chi connectivity index (χ0v) is 12.8. The zero-order valence-electron chi connectivity index (χ0n) is 12.0. The molecule has 0 aromatic carbocycles. The van der Waals surface area contributed by atoms with E-state index in [-0.39, 0.29) is 5.75 Å². The Kier molecular flexibility index (Phi) is 5.62. The maximum atomic E-state index is 12.4. The molecule has 1 aliphatic heterocycles. The van der Waals surface area contributed by atoms with Crippen LogP contribution in [0.1, 0.15) is 26.2 Å².